The lowest BCUT2D eigenvalue weighted by Gasteiger charge is -2.42. The van der Waals surface area contributed by atoms with Crippen molar-refractivity contribution in [1.29, 1.82) is 0 Å². The lowest BCUT2D eigenvalue weighted by atomic mass is 9.89. The Balaban J connectivity index is 1.83. The van der Waals surface area contributed by atoms with Crippen LogP contribution >= 0.6 is 0 Å². The standard InChI is InChI=1S/C9H17NO2/c1-11-9(6-10-7-9)5-8-3-2-4-12-8/h8,10H,2-7H2,1H3. The Morgan fingerprint density at radius 1 is 1.58 bits per heavy atom. The van der Waals surface area contributed by atoms with Crippen LogP contribution < -0.4 is 5.32 Å². The van der Waals surface area contributed by atoms with Crippen LogP contribution in [0.4, 0.5) is 0 Å². The summed E-state index contributed by atoms with van der Waals surface area (Å²) in [6.45, 7) is 2.92. The Bertz CT molecular complexity index is 145. The zero-order chi connectivity index (χ0) is 8.44. The molecule has 0 aromatic rings. The average molecular weight is 171 g/mol. The van der Waals surface area contributed by atoms with Gasteiger partial charge in [-0.3, -0.25) is 0 Å². The van der Waals surface area contributed by atoms with Gasteiger partial charge in [0.25, 0.3) is 0 Å². The maximum absolute atomic E-state index is 5.58. The molecule has 1 atom stereocenters. The van der Waals surface area contributed by atoms with E-state index >= 15 is 0 Å². The van der Waals surface area contributed by atoms with Crippen molar-refractivity contribution in [2.75, 3.05) is 26.8 Å². The molecule has 3 heteroatoms. The monoisotopic (exact) mass is 171 g/mol. The molecule has 12 heavy (non-hydrogen) atoms. The predicted octanol–water partition coefficient (Wildman–Crippen LogP) is 0.544. The van der Waals surface area contributed by atoms with E-state index < -0.39 is 0 Å². The first kappa shape index (κ1) is 8.48. The van der Waals surface area contributed by atoms with E-state index in [1.807, 2.05) is 0 Å². The summed E-state index contributed by atoms with van der Waals surface area (Å²) in [5.41, 5.74) is 0.0923. The molecule has 0 spiro atoms. The molecule has 0 radical (unpaired) electrons. The van der Waals surface area contributed by atoms with Gasteiger partial charge >= 0.3 is 0 Å². The van der Waals surface area contributed by atoms with E-state index in [1.54, 1.807) is 7.11 Å². The third kappa shape index (κ3) is 1.49. The number of nitrogens with one attached hydrogen (secondary N) is 1. The molecule has 0 amide bonds. The summed E-state index contributed by atoms with van der Waals surface area (Å²) in [7, 11) is 1.80. The van der Waals surface area contributed by atoms with Gasteiger partial charge in [-0.25, -0.2) is 0 Å². The van der Waals surface area contributed by atoms with Crippen LogP contribution in [0.1, 0.15) is 19.3 Å². The summed E-state index contributed by atoms with van der Waals surface area (Å²) in [6.07, 6.45) is 3.95. The quantitative estimate of drug-likeness (QED) is 0.672. The van der Waals surface area contributed by atoms with Gasteiger partial charge in [-0.1, -0.05) is 0 Å². The van der Waals surface area contributed by atoms with Crippen molar-refractivity contribution in [3.8, 4) is 0 Å². The van der Waals surface area contributed by atoms with Crippen LogP contribution in [0.3, 0.4) is 0 Å². The Morgan fingerprint density at radius 2 is 2.42 bits per heavy atom. The highest BCUT2D eigenvalue weighted by Crippen LogP contribution is 2.27. The molecule has 2 saturated heterocycles. The van der Waals surface area contributed by atoms with Crippen LogP contribution in [0.15, 0.2) is 0 Å². The molecule has 2 aliphatic rings. The molecule has 1 N–H and O–H groups in total. The second kappa shape index (κ2) is 3.32. The maximum atomic E-state index is 5.58. The summed E-state index contributed by atoms with van der Waals surface area (Å²) < 4.78 is 11.1. The second-order valence-corrected chi connectivity index (χ2v) is 3.83. The second-order valence-electron chi connectivity index (χ2n) is 3.83. The zero-order valence-electron chi connectivity index (χ0n) is 7.64. The van der Waals surface area contributed by atoms with Gasteiger partial charge in [0, 0.05) is 33.2 Å². The van der Waals surface area contributed by atoms with Gasteiger partial charge in [0.1, 0.15) is 0 Å². The first-order chi connectivity index (χ1) is 5.85. The Hall–Kier alpha value is -0.120. The molecule has 0 aromatic heterocycles. The minimum Gasteiger partial charge on any atom is -0.378 e. The molecular weight excluding hydrogens is 154 g/mol. The highest BCUT2D eigenvalue weighted by Gasteiger charge is 2.39. The lowest BCUT2D eigenvalue weighted by molar-refractivity contribution is -0.0837. The van der Waals surface area contributed by atoms with Crippen molar-refractivity contribution < 1.29 is 9.47 Å². The number of hydrogen-bond acceptors (Lipinski definition) is 3. The summed E-state index contributed by atoms with van der Waals surface area (Å²) in [4.78, 5) is 0. The largest absolute Gasteiger partial charge is 0.378 e. The molecular formula is C9H17NO2. The molecule has 2 rings (SSSR count). The van der Waals surface area contributed by atoms with Gasteiger partial charge in [0.05, 0.1) is 11.7 Å². The fourth-order valence-corrected chi connectivity index (χ4v) is 2.00. The number of rotatable bonds is 3. The smallest absolute Gasteiger partial charge is 0.0950 e. The van der Waals surface area contributed by atoms with Gasteiger partial charge in [0.2, 0.25) is 0 Å². The Morgan fingerprint density at radius 3 is 2.83 bits per heavy atom. The minimum absolute atomic E-state index is 0.0923. The molecule has 3 nitrogen and oxygen atoms in total. The van der Waals surface area contributed by atoms with E-state index in [0.29, 0.717) is 6.10 Å². The van der Waals surface area contributed by atoms with E-state index in [0.717, 1.165) is 26.1 Å². The van der Waals surface area contributed by atoms with Crippen LogP contribution in [0.2, 0.25) is 0 Å². The SMILES string of the molecule is COC1(CC2CCCO2)CNC1. The molecule has 70 valence electrons. The number of methoxy groups -OCH3 is 1. The third-order valence-corrected chi connectivity index (χ3v) is 2.95. The third-order valence-electron chi connectivity index (χ3n) is 2.95. The molecule has 0 saturated carbocycles. The van der Waals surface area contributed by atoms with E-state index in [1.165, 1.54) is 12.8 Å². The zero-order valence-corrected chi connectivity index (χ0v) is 7.64. The Labute approximate surface area is 73.4 Å². The first-order valence-corrected chi connectivity index (χ1v) is 4.72. The fraction of sp³-hybridized carbons (Fsp3) is 1.00. The molecule has 0 aliphatic carbocycles. The number of hydrogen-bond donors (Lipinski definition) is 1. The normalized spacial score (nSPS) is 33.2. The van der Waals surface area contributed by atoms with Gasteiger partial charge < -0.3 is 14.8 Å². The summed E-state index contributed by atoms with van der Waals surface area (Å²) >= 11 is 0. The first-order valence-electron chi connectivity index (χ1n) is 4.72. The van der Waals surface area contributed by atoms with Gasteiger partial charge in [0.15, 0.2) is 0 Å². The van der Waals surface area contributed by atoms with Crippen LogP contribution in [-0.2, 0) is 9.47 Å². The van der Waals surface area contributed by atoms with E-state index in [9.17, 15) is 0 Å². The van der Waals surface area contributed by atoms with Crippen LogP contribution in [0.25, 0.3) is 0 Å². The highest BCUT2D eigenvalue weighted by molar-refractivity contribution is 4.96. The molecule has 0 aromatic carbocycles. The molecule has 2 heterocycles. The lowest BCUT2D eigenvalue weighted by Crippen LogP contribution is -2.61. The van der Waals surface area contributed by atoms with Crippen molar-refractivity contribution in [2.45, 2.75) is 31.0 Å². The van der Waals surface area contributed by atoms with E-state index in [2.05, 4.69) is 5.32 Å². The summed E-state index contributed by atoms with van der Waals surface area (Å²) in [5, 5.41) is 3.25. The molecule has 2 aliphatic heterocycles. The topological polar surface area (TPSA) is 30.5 Å². The molecule has 0 bridgehead atoms. The van der Waals surface area contributed by atoms with Crippen molar-refractivity contribution in [3.05, 3.63) is 0 Å². The van der Waals surface area contributed by atoms with Gasteiger partial charge in [-0.05, 0) is 12.8 Å². The predicted molar refractivity (Wildman–Crippen MR) is 46.2 cm³/mol. The maximum Gasteiger partial charge on any atom is 0.0950 e. The van der Waals surface area contributed by atoms with Gasteiger partial charge in [-0.2, -0.15) is 0 Å². The van der Waals surface area contributed by atoms with Crippen molar-refractivity contribution in [1.82, 2.24) is 5.32 Å². The van der Waals surface area contributed by atoms with E-state index in [4.69, 9.17) is 9.47 Å². The summed E-state index contributed by atoms with van der Waals surface area (Å²) in [6, 6.07) is 0. The summed E-state index contributed by atoms with van der Waals surface area (Å²) in [5.74, 6) is 0. The Kier molecular flexibility index (Phi) is 2.35. The van der Waals surface area contributed by atoms with Crippen LogP contribution in [-0.4, -0.2) is 38.5 Å². The average Bonchev–Trinajstić information content (AvgIpc) is 2.49. The van der Waals surface area contributed by atoms with Crippen molar-refractivity contribution >= 4 is 0 Å². The van der Waals surface area contributed by atoms with Crippen LogP contribution in [0, 0.1) is 0 Å². The van der Waals surface area contributed by atoms with Crippen molar-refractivity contribution in [3.63, 3.8) is 0 Å². The van der Waals surface area contributed by atoms with Crippen LogP contribution in [0.5, 0.6) is 0 Å². The van der Waals surface area contributed by atoms with E-state index in [-0.39, 0.29) is 5.60 Å². The van der Waals surface area contributed by atoms with Gasteiger partial charge in [-0.15, -0.1) is 0 Å². The highest BCUT2D eigenvalue weighted by atomic mass is 16.5. The minimum atomic E-state index is 0.0923. The van der Waals surface area contributed by atoms with Crippen molar-refractivity contribution in [2.24, 2.45) is 0 Å². The molecule has 1 unspecified atom stereocenters. The fourth-order valence-electron chi connectivity index (χ4n) is 2.00. The molecule has 2 fully saturated rings. The number of ether oxygens (including phenoxy) is 2.